The van der Waals surface area contributed by atoms with Crippen LogP contribution >= 0.6 is 11.3 Å². The van der Waals surface area contributed by atoms with Crippen LogP contribution in [0.5, 0.6) is 0 Å². The molecule has 0 aromatic carbocycles. The topological polar surface area (TPSA) is 68.5 Å². The Bertz CT molecular complexity index is 908. The van der Waals surface area contributed by atoms with Crippen LogP contribution < -0.4 is 4.90 Å². The number of hydrogen-bond acceptors (Lipinski definition) is 8. The second-order valence-corrected chi connectivity index (χ2v) is 9.25. The summed E-state index contributed by atoms with van der Waals surface area (Å²) in [5.41, 5.74) is 1.50. The van der Waals surface area contributed by atoms with Crippen LogP contribution in [-0.4, -0.2) is 78.8 Å². The quantitative estimate of drug-likeness (QED) is 0.712. The van der Waals surface area contributed by atoms with Gasteiger partial charge in [-0.25, -0.2) is 9.97 Å². The molecule has 2 aromatic heterocycles. The summed E-state index contributed by atoms with van der Waals surface area (Å²) in [6, 6.07) is 2.28. The van der Waals surface area contributed by atoms with E-state index in [-0.39, 0.29) is 0 Å². The Balaban J connectivity index is 1.49. The average molecular weight is 413 g/mol. The van der Waals surface area contributed by atoms with E-state index in [9.17, 15) is 0 Å². The Morgan fingerprint density at radius 2 is 1.76 bits per heavy atom. The molecule has 1 aliphatic carbocycles. The highest BCUT2D eigenvalue weighted by atomic mass is 32.1. The molecular weight excluding hydrogens is 384 g/mol. The molecule has 29 heavy (non-hydrogen) atoms. The van der Waals surface area contributed by atoms with Gasteiger partial charge in [-0.1, -0.05) is 0 Å². The second-order valence-electron chi connectivity index (χ2n) is 8.16. The highest BCUT2D eigenvalue weighted by molar-refractivity contribution is 7.19. The molecule has 8 heteroatoms. The van der Waals surface area contributed by atoms with Gasteiger partial charge in [-0.05, 0) is 31.2 Å². The number of anilines is 1. The molecule has 2 aliphatic heterocycles. The molecule has 0 bridgehead atoms. The van der Waals surface area contributed by atoms with Crippen molar-refractivity contribution in [1.29, 1.82) is 5.26 Å². The van der Waals surface area contributed by atoms with Crippen LogP contribution in [-0.2, 0) is 24.1 Å². The lowest BCUT2D eigenvalue weighted by Gasteiger charge is -2.35. The van der Waals surface area contributed by atoms with E-state index in [4.69, 9.17) is 20.0 Å². The minimum Gasteiger partial charge on any atom is -0.379 e. The molecule has 0 saturated carbocycles. The summed E-state index contributed by atoms with van der Waals surface area (Å²) in [6.45, 7) is 8.49. The van der Waals surface area contributed by atoms with Crippen LogP contribution in [0, 0.1) is 11.3 Å². The number of aryl methyl sites for hydroxylation is 2. The first-order valence-electron chi connectivity index (χ1n) is 10.8. The number of nitriles is 1. The van der Waals surface area contributed by atoms with Crippen molar-refractivity contribution >= 4 is 27.4 Å². The number of nitrogens with zero attached hydrogens (tertiary/aromatic N) is 6. The maximum atomic E-state index is 9.00. The summed E-state index contributed by atoms with van der Waals surface area (Å²) in [4.78, 5) is 19.9. The maximum Gasteiger partial charge on any atom is 0.146 e. The van der Waals surface area contributed by atoms with Crippen LogP contribution in [0.4, 0.5) is 5.82 Å². The molecule has 0 spiro atoms. The Morgan fingerprint density at radius 1 is 0.966 bits per heavy atom. The van der Waals surface area contributed by atoms with E-state index in [0.29, 0.717) is 6.54 Å². The lowest BCUT2D eigenvalue weighted by atomic mass is 9.97. The average Bonchev–Trinajstić information content (AvgIpc) is 3.13. The van der Waals surface area contributed by atoms with Crippen LogP contribution in [0.3, 0.4) is 0 Å². The maximum absolute atomic E-state index is 9.00. The minimum absolute atomic E-state index is 0.517. The SMILES string of the molecule is N#CCN1CCN(c2nc(CN3CCOCC3)nc3sc4c(c23)CCCC4)CC1. The van der Waals surface area contributed by atoms with Crippen molar-refractivity contribution in [1.82, 2.24) is 19.8 Å². The summed E-state index contributed by atoms with van der Waals surface area (Å²) in [5.74, 6) is 2.07. The number of aromatic nitrogens is 2. The highest BCUT2D eigenvalue weighted by Crippen LogP contribution is 2.40. The van der Waals surface area contributed by atoms with Gasteiger partial charge in [-0.3, -0.25) is 9.80 Å². The van der Waals surface area contributed by atoms with E-state index in [0.717, 1.165) is 77.1 Å². The van der Waals surface area contributed by atoms with Crippen LogP contribution in [0.25, 0.3) is 10.2 Å². The first-order chi connectivity index (χ1) is 14.3. The molecule has 0 N–H and O–H groups in total. The fraction of sp³-hybridized carbons (Fsp3) is 0.667. The number of morpholine rings is 1. The first kappa shape index (κ1) is 19.2. The monoisotopic (exact) mass is 412 g/mol. The van der Waals surface area contributed by atoms with Crippen molar-refractivity contribution in [2.75, 3.05) is 63.9 Å². The van der Waals surface area contributed by atoms with Gasteiger partial charge >= 0.3 is 0 Å². The van der Waals surface area contributed by atoms with E-state index in [2.05, 4.69) is 20.8 Å². The van der Waals surface area contributed by atoms with Gasteiger partial charge in [0.2, 0.25) is 0 Å². The summed E-state index contributed by atoms with van der Waals surface area (Å²) < 4.78 is 5.50. The summed E-state index contributed by atoms with van der Waals surface area (Å²) >= 11 is 1.89. The van der Waals surface area contributed by atoms with Crippen molar-refractivity contribution in [2.24, 2.45) is 0 Å². The molecule has 2 aromatic rings. The molecule has 154 valence electrons. The zero-order valence-corrected chi connectivity index (χ0v) is 17.7. The van der Waals surface area contributed by atoms with E-state index in [1.54, 1.807) is 0 Å². The second kappa shape index (κ2) is 8.52. The third-order valence-corrected chi connectivity index (χ3v) is 7.46. The molecule has 0 amide bonds. The predicted octanol–water partition coefficient (Wildman–Crippen LogP) is 2.05. The van der Waals surface area contributed by atoms with Crippen molar-refractivity contribution in [3.05, 3.63) is 16.3 Å². The molecule has 7 nitrogen and oxygen atoms in total. The van der Waals surface area contributed by atoms with Crippen LogP contribution in [0.1, 0.15) is 29.1 Å². The zero-order chi connectivity index (χ0) is 19.6. The van der Waals surface area contributed by atoms with Gasteiger partial charge in [0, 0.05) is 44.1 Å². The molecule has 2 saturated heterocycles. The molecule has 0 radical (unpaired) electrons. The number of ether oxygens (including phenoxy) is 1. The van der Waals surface area contributed by atoms with Gasteiger partial charge in [0.25, 0.3) is 0 Å². The van der Waals surface area contributed by atoms with Gasteiger partial charge in [0.05, 0.1) is 37.8 Å². The van der Waals surface area contributed by atoms with E-state index in [1.807, 2.05) is 11.3 Å². The smallest absolute Gasteiger partial charge is 0.146 e. The molecular formula is C21H28N6OS. The number of piperazine rings is 1. The van der Waals surface area contributed by atoms with Gasteiger partial charge in [0.15, 0.2) is 0 Å². The number of hydrogen-bond donors (Lipinski definition) is 0. The molecule has 5 rings (SSSR count). The Hall–Kier alpha value is -1.79. The fourth-order valence-electron chi connectivity index (χ4n) is 4.66. The van der Waals surface area contributed by atoms with Gasteiger partial charge in [-0.2, -0.15) is 5.26 Å². The summed E-state index contributed by atoms with van der Waals surface area (Å²) in [7, 11) is 0. The molecule has 2 fully saturated rings. The number of rotatable bonds is 4. The van der Waals surface area contributed by atoms with Crippen molar-refractivity contribution < 1.29 is 4.74 Å². The summed E-state index contributed by atoms with van der Waals surface area (Å²) in [6.07, 6.45) is 4.90. The molecule has 4 heterocycles. The predicted molar refractivity (Wildman–Crippen MR) is 114 cm³/mol. The third kappa shape index (κ3) is 3.97. The van der Waals surface area contributed by atoms with Gasteiger partial charge in [0.1, 0.15) is 16.5 Å². The Kier molecular flexibility index (Phi) is 5.64. The van der Waals surface area contributed by atoms with Gasteiger partial charge in [-0.15, -0.1) is 11.3 Å². The minimum atomic E-state index is 0.517. The lowest BCUT2D eigenvalue weighted by Crippen LogP contribution is -2.47. The van der Waals surface area contributed by atoms with Crippen molar-refractivity contribution in [3.63, 3.8) is 0 Å². The summed E-state index contributed by atoms with van der Waals surface area (Å²) in [5, 5.41) is 10.3. The van der Waals surface area contributed by atoms with Crippen LogP contribution in [0.15, 0.2) is 0 Å². The van der Waals surface area contributed by atoms with Crippen molar-refractivity contribution in [3.8, 4) is 6.07 Å². The molecule has 3 aliphatic rings. The standard InChI is InChI=1S/C21H28N6OS/c22-5-6-25-7-9-27(10-8-25)20-19-16-3-1-2-4-17(16)29-21(19)24-18(23-20)15-26-11-13-28-14-12-26/h1-4,6-15H2. The lowest BCUT2D eigenvalue weighted by molar-refractivity contribution is 0.0331. The fourth-order valence-corrected chi connectivity index (χ4v) is 5.93. The number of fused-ring (bicyclic) bond motifs is 3. The largest absolute Gasteiger partial charge is 0.379 e. The zero-order valence-electron chi connectivity index (χ0n) is 16.9. The van der Waals surface area contributed by atoms with E-state index >= 15 is 0 Å². The Morgan fingerprint density at radius 3 is 2.55 bits per heavy atom. The molecule has 0 atom stereocenters. The molecule has 0 unspecified atom stereocenters. The van der Waals surface area contributed by atoms with E-state index < -0.39 is 0 Å². The first-order valence-corrected chi connectivity index (χ1v) is 11.6. The normalized spacial score (nSPS) is 21.3. The number of thiophene rings is 1. The highest BCUT2D eigenvalue weighted by Gasteiger charge is 2.26. The Labute approximate surface area is 175 Å². The van der Waals surface area contributed by atoms with E-state index in [1.165, 1.54) is 39.9 Å². The van der Waals surface area contributed by atoms with Gasteiger partial charge < -0.3 is 9.64 Å². The third-order valence-electron chi connectivity index (χ3n) is 6.28. The van der Waals surface area contributed by atoms with Crippen molar-refractivity contribution in [2.45, 2.75) is 32.2 Å². The van der Waals surface area contributed by atoms with Crippen LogP contribution in [0.2, 0.25) is 0 Å².